The highest BCUT2D eigenvalue weighted by Crippen LogP contribution is 2.20. The fourth-order valence-electron chi connectivity index (χ4n) is 1.66. The molecule has 0 fully saturated rings. The van der Waals surface area contributed by atoms with Crippen molar-refractivity contribution in [3.63, 3.8) is 0 Å². The summed E-state index contributed by atoms with van der Waals surface area (Å²) in [6.07, 6.45) is 1.13. The number of hydrogen-bond donors (Lipinski definition) is 1. The Morgan fingerprint density at radius 2 is 1.62 bits per heavy atom. The molecule has 0 unspecified atom stereocenters. The van der Waals surface area contributed by atoms with Gasteiger partial charge >= 0.3 is 0 Å². The van der Waals surface area contributed by atoms with Crippen molar-refractivity contribution < 1.29 is 16.8 Å². The maximum Gasteiger partial charge on any atom is 0.250 e. The van der Waals surface area contributed by atoms with Crippen LogP contribution in [-0.2, 0) is 26.4 Å². The van der Waals surface area contributed by atoms with E-state index in [4.69, 9.17) is 0 Å². The normalized spacial score (nSPS) is 12.5. The zero-order valence-electron chi connectivity index (χ0n) is 11.5. The van der Waals surface area contributed by atoms with Gasteiger partial charge in [-0.1, -0.05) is 12.1 Å². The quantitative estimate of drug-likeness (QED) is 0.898. The van der Waals surface area contributed by atoms with Gasteiger partial charge in [0.05, 0.1) is 4.90 Å². The van der Waals surface area contributed by atoms with Gasteiger partial charge in [0.25, 0.3) is 0 Å². The van der Waals surface area contributed by atoms with Crippen LogP contribution < -0.4 is 4.72 Å². The Morgan fingerprint density at radius 3 is 2.10 bits per heavy atom. The molecule has 0 radical (unpaired) electrons. The molecule has 2 aromatic rings. The van der Waals surface area contributed by atoms with Crippen molar-refractivity contribution in [2.45, 2.75) is 22.6 Å². The minimum absolute atomic E-state index is 0.114. The van der Waals surface area contributed by atoms with E-state index in [1.165, 1.54) is 23.5 Å². The molecule has 0 bridgehead atoms. The van der Waals surface area contributed by atoms with E-state index in [1.54, 1.807) is 24.3 Å². The van der Waals surface area contributed by atoms with Crippen molar-refractivity contribution in [1.29, 1.82) is 0 Å². The fourth-order valence-corrected chi connectivity index (χ4v) is 4.64. The second-order valence-electron chi connectivity index (χ2n) is 4.61. The van der Waals surface area contributed by atoms with Crippen molar-refractivity contribution in [3.8, 4) is 0 Å². The lowest BCUT2D eigenvalue weighted by molar-refractivity contribution is 0.583. The molecule has 1 aromatic heterocycles. The van der Waals surface area contributed by atoms with Crippen molar-refractivity contribution in [3.05, 3.63) is 46.8 Å². The summed E-state index contributed by atoms with van der Waals surface area (Å²) in [5.41, 5.74) is 0.694. The molecule has 5 nitrogen and oxygen atoms in total. The van der Waals surface area contributed by atoms with Gasteiger partial charge in [-0.05, 0) is 36.8 Å². The minimum atomic E-state index is -3.53. The number of sulfone groups is 1. The lowest BCUT2D eigenvalue weighted by Crippen LogP contribution is -2.22. The molecular weight excluding hydrogens is 330 g/mol. The standard InChI is InChI=1S/C13H15NO4S3/c1-10-3-8-13(19-10)21(17,18)14-9-11-4-6-12(7-5-11)20(2,15)16/h3-8,14H,9H2,1-2H3. The van der Waals surface area contributed by atoms with Gasteiger partial charge in [0.1, 0.15) is 4.21 Å². The van der Waals surface area contributed by atoms with Crippen LogP contribution in [0.5, 0.6) is 0 Å². The first-order chi connectivity index (χ1) is 9.68. The van der Waals surface area contributed by atoms with E-state index in [0.29, 0.717) is 5.56 Å². The highest BCUT2D eigenvalue weighted by molar-refractivity contribution is 7.91. The molecule has 1 N–H and O–H groups in total. The van der Waals surface area contributed by atoms with E-state index in [1.807, 2.05) is 6.92 Å². The Hall–Kier alpha value is -1.22. The summed E-state index contributed by atoms with van der Waals surface area (Å²) in [6, 6.07) is 9.44. The average Bonchev–Trinajstić information content (AvgIpc) is 2.83. The number of benzene rings is 1. The zero-order chi connectivity index (χ0) is 15.7. The third kappa shape index (κ3) is 4.13. The predicted octanol–water partition coefficient (Wildman–Crippen LogP) is 1.94. The predicted molar refractivity (Wildman–Crippen MR) is 82.6 cm³/mol. The van der Waals surface area contributed by atoms with Crippen LogP contribution in [0.25, 0.3) is 0 Å². The lowest BCUT2D eigenvalue weighted by Gasteiger charge is -2.05. The average molecular weight is 345 g/mol. The van der Waals surface area contributed by atoms with Gasteiger partial charge in [0, 0.05) is 17.7 Å². The van der Waals surface area contributed by atoms with E-state index < -0.39 is 19.9 Å². The molecular formula is C13H15NO4S3. The largest absolute Gasteiger partial charge is 0.250 e. The first kappa shape index (κ1) is 16.2. The second-order valence-corrected chi connectivity index (χ2v) is 9.90. The van der Waals surface area contributed by atoms with Crippen molar-refractivity contribution in [2.75, 3.05) is 6.26 Å². The lowest BCUT2D eigenvalue weighted by atomic mass is 10.2. The molecule has 21 heavy (non-hydrogen) atoms. The Kier molecular flexibility index (Phi) is 4.52. The van der Waals surface area contributed by atoms with Crippen molar-refractivity contribution in [1.82, 2.24) is 4.72 Å². The van der Waals surface area contributed by atoms with Crippen LogP contribution >= 0.6 is 11.3 Å². The third-order valence-corrected chi connectivity index (χ3v) is 6.82. The molecule has 0 aliphatic rings. The van der Waals surface area contributed by atoms with E-state index >= 15 is 0 Å². The molecule has 1 aromatic carbocycles. The molecule has 0 atom stereocenters. The van der Waals surface area contributed by atoms with Crippen LogP contribution in [0.1, 0.15) is 10.4 Å². The van der Waals surface area contributed by atoms with Crippen LogP contribution in [0, 0.1) is 6.92 Å². The van der Waals surface area contributed by atoms with Gasteiger partial charge in [-0.15, -0.1) is 11.3 Å². The van der Waals surface area contributed by atoms with E-state index in [-0.39, 0.29) is 15.6 Å². The monoisotopic (exact) mass is 345 g/mol. The van der Waals surface area contributed by atoms with Gasteiger partial charge in [0.15, 0.2) is 9.84 Å². The smallest absolute Gasteiger partial charge is 0.224 e. The summed E-state index contributed by atoms with van der Waals surface area (Å²) in [6.45, 7) is 1.96. The van der Waals surface area contributed by atoms with Gasteiger partial charge in [-0.3, -0.25) is 0 Å². The number of hydrogen-bond acceptors (Lipinski definition) is 5. The van der Waals surface area contributed by atoms with Crippen LogP contribution in [0.2, 0.25) is 0 Å². The highest BCUT2D eigenvalue weighted by atomic mass is 32.2. The van der Waals surface area contributed by atoms with Crippen molar-refractivity contribution in [2.24, 2.45) is 0 Å². The van der Waals surface area contributed by atoms with Crippen LogP contribution in [0.3, 0.4) is 0 Å². The first-order valence-corrected chi connectivity index (χ1v) is 10.2. The molecule has 0 aliphatic heterocycles. The molecule has 2 rings (SSSR count). The van der Waals surface area contributed by atoms with E-state index in [0.717, 1.165) is 11.1 Å². The SMILES string of the molecule is Cc1ccc(S(=O)(=O)NCc2ccc(S(C)(=O)=O)cc2)s1. The molecule has 0 spiro atoms. The Morgan fingerprint density at radius 1 is 1.00 bits per heavy atom. The van der Waals surface area contributed by atoms with Crippen LogP contribution in [0.15, 0.2) is 45.5 Å². The molecule has 0 aliphatic carbocycles. The van der Waals surface area contributed by atoms with Gasteiger partial charge < -0.3 is 0 Å². The van der Waals surface area contributed by atoms with E-state index in [2.05, 4.69) is 4.72 Å². The summed E-state index contributed by atoms with van der Waals surface area (Å²) < 4.78 is 49.5. The topological polar surface area (TPSA) is 80.3 Å². The van der Waals surface area contributed by atoms with E-state index in [9.17, 15) is 16.8 Å². The maximum absolute atomic E-state index is 12.0. The Balaban J connectivity index is 2.10. The number of thiophene rings is 1. The summed E-state index contributed by atoms with van der Waals surface area (Å²) in [7, 11) is -6.77. The van der Waals surface area contributed by atoms with Gasteiger partial charge in [0.2, 0.25) is 10.0 Å². The summed E-state index contributed by atoms with van der Waals surface area (Å²) >= 11 is 1.21. The van der Waals surface area contributed by atoms with Crippen molar-refractivity contribution >= 4 is 31.2 Å². The number of nitrogens with one attached hydrogen (secondary N) is 1. The summed E-state index contributed by atoms with van der Waals surface area (Å²) in [5, 5.41) is 0. The van der Waals surface area contributed by atoms with Crippen LogP contribution in [0.4, 0.5) is 0 Å². The molecule has 1 heterocycles. The molecule has 0 saturated heterocycles. The minimum Gasteiger partial charge on any atom is -0.224 e. The fraction of sp³-hybridized carbons (Fsp3) is 0.231. The summed E-state index contributed by atoms with van der Waals surface area (Å²) in [5.74, 6) is 0. The third-order valence-electron chi connectivity index (χ3n) is 2.80. The van der Waals surface area contributed by atoms with Crippen LogP contribution in [-0.4, -0.2) is 23.1 Å². The van der Waals surface area contributed by atoms with Gasteiger partial charge in [-0.2, -0.15) is 0 Å². The Labute approximate surface area is 128 Å². The van der Waals surface area contributed by atoms with Gasteiger partial charge in [-0.25, -0.2) is 21.6 Å². The molecule has 114 valence electrons. The summed E-state index contributed by atoms with van der Waals surface area (Å²) in [4.78, 5) is 1.14. The maximum atomic E-state index is 12.0. The molecule has 8 heteroatoms. The number of sulfonamides is 1. The number of rotatable bonds is 5. The zero-order valence-corrected chi connectivity index (χ0v) is 14.0. The molecule has 0 amide bonds. The highest BCUT2D eigenvalue weighted by Gasteiger charge is 2.15. The first-order valence-electron chi connectivity index (χ1n) is 6.03. The Bertz CT molecular complexity index is 834. The second kappa shape index (κ2) is 5.88. The molecule has 0 saturated carbocycles. The number of aryl methyl sites for hydroxylation is 1.